The van der Waals surface area contributed by atoms with Crippen LogP contribution < -0.4 is 13.6 Å². The summed E-state index contributed by atoms with van der Waals surface area (Å²) < 4.78 is 1.12. The van der Waals surface area contributed by atoms with Gasteiger partial charge in [-0.15, -0.1) is 0 Å². The van der Waals surface area contributed by atoms with Gasteiger partial charge in [0, 0.05) is 0 Å². The number of rotatable bonds is 13. The number of hydrogen-bond acceptors (Lipinski definition) is 0. The third-order valence-electron chi connectivity index (χ3n) is 14.8. The average Bonchev–Trinajstić information content (AvgIpc) is 3.97. The third kappa shape index (κ3) is 7.19. The maximum absolute atomic E-state index is 9.49. The van der Waals surface area contributed by atoms with Gasteiger partial charge in [0.05, 0.1) is 0 Å². The van der Waals surface area contributed by atoms with Gasteiger partial charge in [-0.2, -0.15) is 0 Å². The van der Waals surface area contributed by atoms with Crippen molar-refractivity contribution in [1.82, 2.24) is 0 Å². The van der Waals surface area contributed by atoms with Gasteiger partial charge in [-0.25, -0.2) is 0 Å². The second kappa shape index (κ2) is 17.1. The summed E-state index contributed by atoms with van der Waals surface area (Å²) in [6.07, 6.45) is 9.22. The number of halogens is 2. The van der Waals surface area contributed by atoms with Crippen LogP contribution in [-0.4, -0.2) is 9.52 Å². The van der Waals surface area contributed by atoms with Gasteiger partial charge in [-0.05, 0) is 0 Å². The molecule has 0 bridgehead atoms. The fraction of sp³-hybridized carbons (Fsp3) is 0.310. The zero-order valence-electron chi connectivity index (χ0n) is 38.0. The van der Waals surface area contributed by atoms with Gasteiger partial charge >= 0.3 is 386 Å². The molecule has 0 spiro atoms. The number of fused-ring (bicyclic) bond motifs is 5. The van der Waals surface area contributed by atoms with Crippen molar-refractivity contribution in [3.8, 4) is 33.4 Å². The zero-order chi connectivity index (χ0) is 43.5. The molecule has 317 valence electrons. The summed E-state index contributed by atoms with van der Waals surface area (Å²) in [5.41, 5.74) is 19.0. The predicted octanol–water partition coefficient (Wildman–Crippen LogP) is 15.1. The standard InChI is InChI=1S/2C23H27.C12H9Si.2ClH.Zr/c2*1-5-17(4)20-10-6-7-11-21(20)22-12-8-9-19-14-18(13-16(2)3)15-23(19)22;1-3-7-11-9(5-1)10-6-2-4-8-12(10)13-11;;;/h2*6-12,14-17H,5,13H2,1-4H3;1-7H,13H2;2*1H;/q;;;;;+2/p-2. The molecule has 62 heavy (non-hydrogen) atoms. The Morgan fingerprint density at radius 2 is 0.903 bits per heavy atom. The van der Waals surface area contributed by atoms with Crippen LogP contribution in [0, 0.1) is 11.8 Å². The second-order valence-electron chi connectivity index (χ2n) is 19.7. The molecular formula is C58H63Cl2SiZr. The molecule has 4 unspecified atom stereocenters. The Hall–Kier alpha value is -3.52. The molecule has 4 atom stereocenters. The van der Waals surface area contributed by atoms with Gasteiger partial charge in [0.2, 0.25) is 0 Å². The van der Waals surface area contributed by atoms with Crippen LogP contribution in [0.25, 0.3) is 45.5 Å². The van der Waals surface area contributed by atoms with Gasteiger partial charge in [0.15, 0.2) is 0 Å². The second-order valence-corrected chi connectivity index (χ2v) is 42.2. The molecule has 0 aromatic heterocycles. The minimum absolute atomic E-state index is 0.0975. The van der Waals surface area contributed by atoms with E-state index in [9.17, 15) is 17.0 Å². The van der Waals surface area contributed by atoms with Gasteiger partial charge in [-0.3, -0.25) is 0 Å². The molecule has 0 saturated heterocycles. The number of allylic oxidation sites excluding steroid dienone is 2. The summed E-state index contributed by atoms with van der Waals surface area (Å²) in [6.45, 7) is 18.8. The molecule has 2 aliphatic carbocycles. The molecule has 3 aliphatic rings. The van der Waals surface area contributed by atoms with Gasteiger partial charge in [0.1, 0.15) is 0 Å². The van der Waals surface area contributed by atoms with E-state index in [1.165, 1.54) is 91.6 Å². The summed E-state index contributed by atoms with van der Waals surface area (Å²) >= 11 is -5.70. The van der Waals surface area contributed by atoms with Crippen molar-refractivity contribution in [2.75, 3.05) is 0 Å². The van der Waals surface area contributed by atoms with Crippen LogP contribution in [-0.2, 0) is 16.4 Å². The molecule has 4 heteroatoms. The Bertz CT molecular complexity index is 2620. The number of benzene rings is 6. The van der Waals surface area contributed by atoms with Crippen LogP contribution in [0.2, 0.25) is 0 Å². The third-order valence-corrected chi connectivity index (χ3v) is 37.6. The normalized spacial score (nSPS) is 18.5. The molecule has 0 amide bonds. The van der Waals surface area contributed by atoms with Gasteiger partial charge < -0.3 is 0 Å². The Morgan fingerprint density at radius 3 is 1.39 bits per heavy atom. The molecular weight excluding hydrogens is 887 g/mol. The van der Waals surface area contributed by atoms with E-state index in [1.54, 1.807) is 0 Å². The molecule has 0 radical (unpaired) electrons. The molecule has 9 rings (SSSR count). The van der Waals surface area contributed by atoms with Crippen molar-refractivity contribution in [3.05, 3.63) is 172 Å². The van der Waals surface area contributed by atoms with Crippen molar-refractivity contribution >= 4 is 52.3 Å². The Morgan fingerprint density at radius 1 is 0.484 bits per heavy atom. The topological polar surface area (TPSA) is 0 Å². The zero-order valence-corrected chi connectivity index (χ0v) is 43.4. The molecule has 6 aromatic carbocycles. The van der Waals surface area contributed by atoms with E-state index < -0.39 is 25.9 Å². The summed E-state index contributed by atoms with van der Waals surface area (Å²) in [5.74, 6) is 1.76. The van der Waals surface area contributed by atoms with E-state index in [1.807, 2.05) is 0 Å². The molecule has 6 aromatic rings. The van der Waals surface area contributed by atoms with E-state index in [0.29, 0.717) is 23.7 Å². The van der Waals surface area contributed by atoms with E-state index in [4.69, 9.17) is 0 Å². The van der Waals surface area contributed by atoms with Gasteiger partial charge in [-0.1, -0.05) is 0 Å². The molecule has 1 aliphatic heterocycles. The first-order valence-electron chi connectivity index (χ1n) is 23.5. The van der Waals surface area contributed by atoms with Crippen LogP contribution in [0.1, 0.15) is 134 Å². The maximum atomic E-state index is 9.49. The van der Waals surface area contributed by atoms with Crippen LogP contribution in [0.5, 0.6) is 0 Å². The summed E-state index contributed by atoms with van der Waals surface area (Å²) in [6, 6.07) is 48.5. The van der Waals surface area contributed by atoms with E-state index >= 15 is 0 Å². The average molecular weight is 950 g/mol. The first kappa shape index (κ1) is 43.7. The van der Waals surface area contributed by atoms with Crippen molar-refractivity contribution < 1.29 is 16.4 Å². The van der Waals surface area contributed by atoms with Crippen LogP contribution in [0.4, 0.5) is 0 Å². The van der Waals surface area contributed by atoms with Crippen molar-refractivity contribution in [1.29, 1.82) is 0 Å². The van der Waals surface area contributed by atoms with Crippen LogP contribution >= 0.6 is 17.0 Å². The molecule has 0 nitrogen and oxygen atoms in total. The Labute approximate surface area is 383 Å². The summed E-state index contributed by atoms with van der Waals surface area (Å²) in [7, 11) is 18.1. The van der Waals surface area contributed by atoms with E-state index in [2.05, 4.69) is 195 Å². The first-order chi connectivity index (χ1) is 29.8. The molecule has 0 N–H and O–H groups in total. The SMILES string of the molecule is CCC(C)c1ccccc1-c1cccc2c1C=C(CC(C)C)[CH]2[Zr]([Cl])([Cl])([c]1cccc2c1[SiH2]c1ccccc1-2)[CH]1C(CC(C)C)=Cc2c(-c3ccccc3C(C)CC)cccc21. The first-order valence-corrected chi connectivity index (χ1v) is 35.3. The predicted molar refractivity (Wildman–Crippen MR) is 273 cm³/mol. The number of hydrogen-bond donors (Lipinski definition) is 0. The van der Waals surface area contributed by atoms with E-state index in [-0.39, 0.29) is 7.25 Å². The summed E-state index contributed by atoms with van der Waals surface area (Å²) in [4.78, 5) is 0. The minimum atomic E-state index is -5.70. The van der Waals surface area contributed by atoms with Crippen LogP contribution in [0.3, 0.4) is 0 Å². The van der Waals surface area contributed by atoms with Gasteiger partial charge in [0.25, 0.3) is 0 Å². The van der Waals surface area contributed by atoms with Crippen molar-refractivity contribution in [2.24, 2.45) is 11.8 Å². The molecule has 0 saturated carbocycles. The van der Waals surface area contributed by atoms with Crippen molar-refractivity contribution in [2.45, 2.75) is 100 Å². The monoisotopic (exact) mass is 947 g/mol. The molecule has 0 fully saturated rings. The van der Waals surface area contributed by atoms with Crippen molar-refractivity contribution in [3.63, 3.8) is 0 Å². The van der Waals surface area contributed by atoms with E-state index in [0.717, 1.165) is 25.7 Å². The fourth-order valence-electron chi connectivity index (χ4n) is 11.8. The summed E-state index contributed by atoms with van der Waals surface area (Å²) in [5, 5.41) is 2.98. The Balaban J connectivity index is 1.37. The molecule has 1 heterocycles. The fourth-order valence-corrected chi connectivity index (χ4v) is 39.7. The van der Waals surface area contributed by atoms with Crippen LogP contribution in [0.15, 0.2) is 139 Å². The quantitative estimate of drug-likeness (QED) is 0.101. The Kier molecular flexibility index (Phi) is 12.1.